The van der Waals surface area contributed by atoms with E-state index in [1.807, 2.05) is 12.1 Å². The lowest BCUT2D eigenvalue weighted by Crippen LogP contribution is -2.53. The van der Waals surface area contributed by atoms with Crippen molar-refractivity contribution in [2.24, 2.45) is 0 Å². The molecule has 4 heteroatoms. The molecule has 1 aliphatic rings. The molecule has 0 spiro atoms. The normalized spacial score (nSPS) is 18.5. The predicted molar refractivity (Wildman–Crippen MR) is 59.8 cm³/mol. The van der Waals surface area contributed by atoms with Crippen LogP contribution in [0.15, 0.2) is 18.3 Å². The van der Waals surface area contributed by atoms with Crippen LogP contribution in [0.25, 0.3) is 0 Å². The van der Waals surface area contributed by atoms with E-state index in [1.54, 1.807) is 6.20 Å². The molecule has 15 heavy (non-hydrogen) atoms. The van der Waals surface area contributed by atoms with E-state index in [2.05, 4.69) is 10.3 Å². The molecule has 0 radical (unpaired) electrons. The Kier molecular flexibility index (Phi) is 3.24. The van der Waals surface area contributed by atoms with Crippen LogP contribution in [0.1, 0.15) is 24.8 Å². The summed E-state index contributed by atoms with van der Waals surface area (Å²) in [7, 11) is 0. The van der Waals surface area contributed by atoms with Crippen molar-refractivity contribution in [1.82, 2.24) is 10.3 Å². The Hall–Kier alpha value is -0.640. The Bertz CT molecular complexity index is 334. The monoisotopic (exact) mass is 226 g/mol. The highest BCUT2D eigenvalue weighted by atomic mass is 35.5. The molecule has 2 rings (SSSR count). The molecule has 1 aromatic heterocycles. The summed E-state index contributed by atoms with van der Waals surface area (Å²) >= 11 is 5.94. The van der Waals surface area contributed by atoms with Crippen LogP contribution in [0.4, 0.5) is 0 Å². The molecule has 1 aliphatic carbocycles. The third-order valence-electron chi connectivity index (χ3n) is 3.10. The van der Waals surface area contributed by atoms with Gasteiger partial charge >= 0.3 is 0 Å². The fourth-order valence-corrected chi connectivity index (χ4v) is 2.01. The van der Waals surface area contributed by atoms with Gasteiger partial charge in [0.05, 0.1) is 6.61 Å². The Labute approximate surface area is 94.5 Å². The summed E-state index contributed by atoms with van der Waals surface area (Å²) in [6, 6.07) is 3.82. The molecule has 3 nitrogen and oxygen atoms in total. The average Bonchev–Trinajstić information content (AvgIpc) is 2.19. The Morgan fingerprint density at radius 3 is 2.87 bits per heavy atom. The van der Waals surface area contributed by atoms with Crippen LogP contribution in [0, 0.1) is 0 Å². The molecule has 1 aromatic rings. The van der Waals surface area contributed by atoms with Gasteiger partial charge in [-0.3, -0.25) is 0 Å². The fraction of sp³-hybridized carbons (Fsp3) is 0.545. The van der Waals surface area contributed by atoms with E-state index in [4.69, 9.17) is 11.6 Å². The van der Waals surface area contributed by atoms with E-state index in [-0.39, 0.29) is 12.1 Å². The van der Waals surface area contributed by atoms with Crippen LogP contribution in [0.5, 0.6) is 0 Å². The van der Waals surface area contributed by atoms with Gasteiger partial charge in [0, 0.05) is 23.8 Å². The van der Waals surface area contributed by atoms with Crippen molar-refractivity contribution in [3.05, 3.63) is 29.0 Å². The largest absolute Gasteiger partial charge is 0.394 e. The molecule has 0 atom stereocenters. The third-order valence-corrected chi connectivity index (χ3v) is 3.44. The SMILES string of the molecule is OCC1(NCc2cccnc2Cl)CCC1. The van der Waals surface area contributed by atoms with E-state index in [0.717, 1.165) is 18.4 Å². The first-order valence-corrected chi connectivity index (χ1v) is 5.59. The fourth-order valence-electron chi connectivity index (χ4n) is 1.83. The maximum absolute atomic E-state index is 9.27. The van der Waals surface area contributed by atoms with Gasteiger partial charge in [0.1, 0.15) is 5.15 Å². The highest BCUT2D eigenvalue weighted by Crippen LogP contribution is 2.31. The van der Waals surface area contributed by atoms with Gasteiger partial charge in [-0.15, -0.1) is 0 Å². The molecule has 0 saturated heterocycles. The van der Waals surface area contributed by atoms with Gasteiger partial charge in [-0.05, 0) is 25.3 Å². The zero-order chi connectivity index (χ0) is 10.7. The van der Waals surface area contributed by atoms with E-state index in [0.29, 0.717) is 11.7 Å². The summed E-state index contributed by atoms with van der Waals surface area (Å²) in [5.41, 5.74) is 0.915. The molecule has 82 valence electrons. The van der Waals surface area contributed by atoms with Crippen LogP contribution in [0.2, 0.25) is 5.15 Å². The van der Waals surface area contributed by atoms with E-state index >= 15 is 0 Å². The summed E-state index contributed by atoms with van der Waals surface area (Å²) in [5, 5.41) is 13.2. The van der Waals surface area contributed by atoms with Crippen LogP contribution in [-0.4, -0.2) is 22.2 Å². The number of hydrogen-bond acceptors (Lipinski definition) is 3. The smallest absolute Gasteiger partial charge is 0.133 e. The number of nitrogens with zero attached hydrogens (tertiary/aromatic N) is 1. The summed E-state index contributed by atoms with van der Waals surface area (Å²) in [5.74, 6) is 0. The summed E-state index contributed by atoms with van der Waals surface area (Å²) < 4.78 is 0. The molecule has 0 unspecified atom stereocenters. The molecule has 2 N–H and O–H groups in total. The zero-order valence-corrected chi connectivity index (χ0v) is 9.30. The first-order chi connectivity index (χ1) is 7.26. The zero-order valence-electron chi connectivity index (χ0n) is 8.54. The molecule has 1 saturated carbocycles. The van der Waals surface area contributed by atoms with Crippen molar-refractivity contribution in [2.45, 2.75) is 31.3 Å². The first kappa shape index (κ1) is 10.9. The van der Waals surface area contributed by atoms with Gasteiger partial charge in [0.15, 0.2) is 0 Å². The third kappa shape index (κ3) is 2.30. The standard InChI is InChI=1S/C11H15ClN2O/c12-10-9(3-1-6-13-10)7-14-11(8-15)4-2-5-11/h1,3,6,14-15H,2,4-5,7-8H2. The van der Waals surface area contributed by atoms with Crippen LogP contribution >= 0.6 is 11.6 Å². The quantitative estimate of drug-likeness (QED) is 0.769. The number of aliphatic hydroxyl groups is 1. The van der Waals surface area contributed by atoms with Crippen molar-refractivity contribution in [2.75, 3.05) is 6.61 Å². The minimum atomic E-state index is -0.0703. The highest BCUT2D eigenvalue weighted by molar-refractivity contribution is 6.30. The Morgan fingerprint density at radius 1 is 1.53 bits per heavy atom. The van der Waals surface area contributed by atoms with Crippen molar-refractivity contribution >= 4 is 11.6 Å². The van der Waals surface area contributed by atoms with Crippen molar-refractivity contribution in [3.8, 4) is 0 Å². The first-order valence-electron chi connectivity index (χ1n) is 5.21. The van der Waals surface area contributed by atoms with E-state index in [1.165, 1.54) is 6.42 Å². The number of pyridine rings is 1. The van der Waals surface area contributed by atoms with Gasteiger partial charge in [-0.1, -0.05) is 17.7 Å². The second-order valence-corrected chi connectivity index (χ2v) is 4.46. The van der Waals surface area contributed by atoms with Crippen molar-refractivity contribution in [1.29, 1.82) is 0 Å². The number of aliphatic hydroxyl groups excluding tert-OH is 1. The van der Waals surface area contributed by atoms with Crippen molar-refractivity contribution in [3.63, 3.8) is 0 Å². The maximum Gasteiger partial charge on any atom is 0.133 e. The lowest BCUT2D eigenvalue weighted by atomic mass is 9.77. The number of rotatable bonds is 4. The van der Waals surface area contributed by atoms with Gasteiger partial charge < -0.3 is 10.4 Å². The molecule has 0 amide bonds. The molecule has 0 bridgehead atoms. The lowest BCUT2D eigenvalue weighted by Gasteiger charge is -2.41. The summed E-state index contributed by atoms with van der Waals surface area (Å²) in [4.78, 5) is 4.01. The summed E-state index contributed by atoms with van der Waals surface area (Å²) in [6.45, 7) is 0.873. The van der Waals surface area contributed by atoms with Gasteiger partial charge in [0.2, 0.25) is 0 Å². The van der Waals surface area contributed by atoms with Gasteiger partial charge in [0.25, 0.3) is 0 Å². The second-order valence-electron chi connectivity index (χ2n) is 4.10. The molecule has 0 aromatic carbocycles. The molecule has 1 heterocycles. The average molecular weight is 227 g/mol. The van der Waals surface area contributed by atoms with E-state index in [9.17, 15) is 5.11 Å². The Balaban J connectivity index is 1.95. The van der Waals surface area contributed by atoms with Gasteiger partial charge in [-0.2, -0.15) is 0 Å². The lowest BCUT2D eigenvalue weighted by molar-refractivity contribution is 0.0872. The van der Waals surface area contributed by atoms with Crippen LogP contribution in [-0.2, 0) is 6.54 Å². The van der Waals surface area contributed by atoms with Crippen LogP contribution < -0.4 is 5.32 Å². The molecule has 0 aliphatic heterocycles. The molecular formula is C11H15ClN2O. The minimum absolute atomic E-state index is 0.0703. The maximum atomic E-state index is 9.27. The van der Waals surface area contributed by atoms with Gasteiger partial charge in [-0.25, -0.2) is 4.98 Å². The summed E-state index contributed by atoms with van der Waals surface area (Å²) in [6.07, 6.45) is 4.95. The predicted octanol–water partition coefficient (Wildman–Crippen LogP) is 1.74. The number of nitrogens with one attached hydrogen (secondary N) is 1. The van der Waals surface area contributed by atoms with Crippen molar-refractivity contribution < 1.29 is 5.11 Å². The number of halogens is 1. The highest BCUT2D eigenvalue weighted by Gasteiger charge is 2.35. The molecular weight excluding hydrogens is 212 g/mol. The van der Waals surface area contributed by atoms with E-state index < -0.39 is 0 Å². The Morgan fingerprint density at radius 2 is 2.33 bits per heavy atom. The topological polar surface area (TPSA) is 45.1 Å². The minimum Gasteiger partial charge on any atom is -0.394 e. The number of aromatic nitrogens is 1. The number of hydrogen-bond donors (Lipinski definition) is 2. The molecule has 1 fully saturated rings. The van der Waals surface area contributed by atoms with Crippen LogP contribution in [0.3, 0.4) is 0 Å². The second kappa shape index (κ2) is 4.47.